The third kappa shape index (κ3) is 3.39. The number of sulfonamides is 1. The van der Waals surface area contributed by atoms with Crippen LogP contribution in [0.5, 0.6) is 0 Å². The van der Waals surface area contributed by atoms with Crippen molar-refractivity contribution >= 4 is 26.5 Å². The van der Waals surface area contributed by atoms with Crippen LogP contribution < -0.4 is 4.31 Å². The Kier molecular flexibility index (Phi) is 4.77. The minimum atomic E-state index is -3.65. The van der Waals surface area contributed by atoms with Gasteiger partial charge in [-0.1, -0.05) is 30.3 Å². The van der Waals surface area contributed by atoms with Gasteiger partial charge in [-0.2, -0.15) is 5.10 Å². The Labute approximate surface area is 163 Å². The van der Waals surface area contributed by atoms with E-state index in [1.54, 1.807) is 17.9 Å². The number of benzene rings is 1. The van der Waals surface area contributed by atoms with Crippen LogP contribution in [0.15, 0.2) is 47.6 Å². The minimum Gasteiger partial charge on any atom is -0.272 e. The number of anilines is 1. The Hall–Kier alpha value is -2.19. The molecule has 0 N–H and O–H groups in total. The monoisotopic (exact) mass is 402 g/mol. The van der Waals surface area contributed by atoms with Crippen molar-refractivity contribution in [3.63, 3.8) is 0 Å². The van der Waals surface area contributed by atoms with Crippen LogP contribution in [0, 0.1) is 0 Å². The quantitative estimate of drug-likeness (QED) is 0.655. The molecule has 0 aliphatic heterocycles. The van der Waals surface area contributed by atoms with Crippen molar-refractivity contribution in [3.8, 4) is 0 Å². The zero-order valence-corrected chi connectivity index (χ0v) is 17.0. The Morgan fingerprint density at radius 1 is 1.30 bits per heavy atom. The third-order valence-corrected chi connectivity index (χ3v) is 8.07. The van der Waals surface area contributed by atoms with E-state index in [-0.39, 0.29) is 4.90 Å². The lowest BCUT2D eigenvalue weighted by Gasteiger charge is -2.21. The van der Waals surface area contributed by atoms with Gasteiger partial charge in [0.2, 0.25) is 0 Å². The van der Waals surface area contributed by atoms with Crippen molar-refractivity contribution in [3.05, 3.63) is 58.9 Å². The van der Waals surface area contributed by atoms with Gasteiger partial charge in [-0.15, -0.1) is 11.3 Å². The molecule has 0 unspecified atom stereocenters. The van der Waals surface area contributed by atoms with Crippen LogP contribution in [-0.2, 0) is 29.4 Å². The summed E-state index contributed by atoms with van der Waals surface area (Å²) in [6.45, 7) is 2.55. The van der Waals surface area contributed by atoms with E-state index in [1.807, 2.05) is 13.0 Å². The van der Waals surface area contributed by atoms with Gasteiger partial charge in [0.25, 0.3) is 10.0 Å². The van der Waals surface area contributed by atoms with Gasteiger partial charge in [0.15, 0.2) is 5.13 Å². The molecular weight excluding hydrogens is 380 g/mol. The highest BCUT2D eigenvalue weighted by Gasteiger charge is 2.29. The number of aryl methyl sites for hydroxylation is 2. The number of nitrogens with zero attached hydrogens (tertiary/aromatic N) is 4. The predicted octanol–water partition coefficient (Wildman–Crippen LogP) is 3.46. The van der Waals surface area contributed by atoms with E-state index in [1.165, 1.54) is 32.3 Å². The molecule has 2 aromatic heterocycles. The lowest BCUT2D eigenvalue weighted by molar-refractivity contribution is 0.584. The smallest absolute Gasteiger partial charge is 0.268 e. The second-order valence-corrected chi connectivity index (χ2v) is 9.75. The molecule has 0 saturated carbocycles. The molecule has 3 aromatic rings. The number of aromatic nitrogens is 3. The Morgan fingerprint density at radius 2 is 2.07 bits per heavy atom. The maximum absolute atomic E-state index is 12.9. The minimum absolute atomic E-state index is 0.196. The summed E-state index contributed by atoms with van der Waals surface area (Å²) in [6.07, 6.45) is 5.80. The van der Waals surface area contributed by atoms with Gasteiger partial charge < -0.3 is 0 Å². The summed E-state index contributed by atoms with van der Waals surface area (Å²) in [6, 6.07) is 10.5. The molecule has 0 amide bonds. The molecule has 0 fully saturated rings. The lowest BCUT2D eigenvalue weighted by Crippen LogP contribution is -2.26. The van der Waals surface area contributed by atoms with Gasteiger partial charge in [0.05, 0.1) is 11.9 Å². The maximum Gasteiger partial charge on any atom is 0.268 e. The first-order chi connectivity index (χ1) is 13.0. The fraction of sp³-hybridized carbons (Fsp3) is 0.368. The van der Waals surface area contributed by atoms with E-state index in [0.717, 1.165) is 25.0 Å². The summed E-state index contributed by atoms with van der Waals surface area (Å²) in [5, 5.41) is 4.61. The topological polar surface area (TPSA) is 68.1 Å². The molecular formula is C19H22N4O2S2. The SMILES string of the molecule is CCn1cc(S(=O)(=O)N(C)c2nc3c(s2)C[C@@H](c2ccccc2)CC3)cn1. The predicted molar refractivity (Wildman–Crippen MR) is 107 cm³/mol. The van der Waals surface area contributed by atoms with E-state index in [2.05, 4.69) is 34.3 Å². The van der Waals surface area contributed by atoms with Crippen LogP contribution in [0.25, 0.3) is 0 Å². The number of hydrogen-bond donors (Lipinski definition) is 0. The molecule has 1 aliphatic rings. The molecule has 0 bridgehead atoms. The zero-order valence-electron chi connectivity index (χ0n) is 15.4. The van der Waals surface area contributed by atoms with E-state index in [0.29, 0.717) is 17.6 Å². The van der Waals surface area contributed by atoms with Gasteiger partial charge in [0.1, 0.15) is 4.90 Å². The Balaban J connectivity index is 1.59. The van der Waals surface area contributed by atoms with Crippen molar-refractivity contribution in [2.45, 2.75) is 43.5 Å². The lowest BCUT2D eigenvalue weighted by atomic mass is 9.85. The van der Waals surface area contributed by atoms with Crippen LogP contribution >= 0.6 is 11.3 Å². The van der Waals surface area contributed by atoms with Gasteiger partial charge >= 0.3 is 0 Å². The van der Waals surface area contributed by atoms with E-state index in [9.17, 15) is 8.42 Å². The average Bonchev–Trinajstić information content (AvgIpc) is 3.34. The molecule has 0 saturated heterocycles. The second-order valence-electron chi connectivity index (χ2n) is 6.72. The largest absolute Gasteiger partial charge is 0.272 e. The fourth-order valence-corrected chi connectivity index (χ4v) is 5.88. The first-order valence-electron chi connectivity index (χ1n) is 9.04. The summed E-state index contributed by atoms with van der Waals surface area (Å²) in [5.74, 6) is 0.469. The molecule has 8 heteroatoms. The van der Waals surface area contributed by atoms with Crippen LogP contribution in [0.3, 0.4) is 0 Å². The summed E-state index contributed by atoms with van der Waals surface area (Å²) in [5.41, 5.74) is 2.37. The van der Waals surface area contributed by atoms with Crippen molar-refractivity contribution < 1.29 is 8.42 Å². The normalized spacial score (nSPS) is 16.9. The highest BCUT2D eigenvalue weighted by atomic mass is 32.2. The number of hydrogen-bond acceptors (Lipinski definition) is 5. The second kappa shape index (κ2) is 7.09. The zero-order chi connectivity index (χ0) is 19.0. The van der Waals surface area contributed by atoms with Crippen LogP contribution in [-0.4, -0.2) is 30.2 Å². The van der Waals surface area contributed by atoms with Crippen molar-refractivity contribution in [1.29, 1.82) is 0 Å². The number of fused-ring (bicyclic) bond motifs is 1. The van der Waals surface area contributed by atoms with Crippen LogP contribution in [0.4, 0.5) is 5.13 Å². The van der Waals surface area contributed by atoms with Crippen molar-refractivity contribution in [2.75, 3.05) is 11.4 Å². The summed E-state index contributed by atoms with van der Waals surface area (Å²) >= 11 is 1.48. The van der Waals surface area contributed by atoms with Crippen molar-refractivity contribution in [2.24, 2.45) is 0 Å². The van der Waals surface area contributed by atoms with Crippen LogP contribution in [0.1, 0.15) is 35.4 Å². The van der Waals surface area contributed by atoms with Gasteiger partial charge in [0, 0.05) is 24.7 Å². The number of thiazole rings is 1. The summed E-state index contributed by atoms with van der Waals surface area (Å²) < 4.78 is 28.7. The Morgan fingerprint density at radius 3 is 2.78 bits per heavy atom. The molecule has 6 nitrogen and oxygen atoms in total. The molecule has 1 aromatic carbocycles. The number of rotatable bonds is 5. The molecule has 142 valence electrons. The summed E-state index contributed by atoms with van der Waals surface area (Å²) in [4.78, 5) is 6.02. The maximum atomic E-state index is 12.9. The first kappa shape index (κ1) is 18.2. The van der Waals surface area contributed by atoms with E-state index in [4.69, 9.17) is 0 Å². The van der Waals surface area contributed by atoms with Crippen molar-refractivity contribution in [1.82, 2.24) is 14.8 Å². The van der Waals surface area contributed by atoms with Crippen LogP contribution in [0.2, 0.25) is 0 Å². The molecule has 1 aliphatic carbocycles. The molecule has 1 atom stereocenters. The Bertz CT molecular complexity index is 1040. The standard InChI is InChI=1S/C19H22N4O2S2/c1-3-23-13-16(12-20-23)27(24,25)22(2)19-21-17-10-9-15(11-18(17)26-19)14-7-5-4-6-8-14/h4-8,12-13,15H,3,9-11H2,1-2H3/t15-/m0/s1. The van der Waals surface area contributed by atoms with Gasteiger partial charge in [-0.3, -0.25) is 4.68 Å². The third-order valence-electron chi connectivity index (χ3n) is 5.06. The van der Waals surface area contributed by atoms with E-state index >= 15 is 0 Å². The van der Waals surface area contributed by atoms with Gasteiger partial charge in [-0.25, -0.2) is 17.7 Å². The molecule has 4 rings (SSSR count). The fourth-order valence-electron chi connectivity index (χ4n) is 3.42. The van der Waals surface area contributed by atoms with Gasteiger partial charge in [-0.05, 0) is 37.7 Å². The molecule has 0 radical (unpaired) electrons. The first-order valence-corrected chi connectivity index (χ1v) is 11.3. The molecule has 0 spiro atoms. The van der Waals surface area contributed by atoms with E-state index < -0.39 is 10.0 Å². The average molecular weight is 403 g/mol. The molecule has 2 heterocycles. The summed E-state index contributed by atoms with van der Waals surface area (Å²) in [7, 11) is -2.08. The molecule has 27 heavy (non-hydrogen) atoms. The highest BCUT2D eigenvalue weighted by Crippen LogP contribution is 2.38. The highest BCUT2D eigenvalue weighted by molar-refractivity contribution is 7.93.